The Labute approximate surface area is 229 Å². The number of anilines is 1. The predicted molar refractivity (Wildman–Crippen MR) is 152 cm³/mol. The Morgan fingerprint density at radius 1 is 0.895 bits per heavy atom. The maximum Gasteiger partial charge on any atom is 0.252 e. The number of hydrogen-bond acceptors (Lipinski definition) is 6. The van der Waals surface area contributed by atoms with Gasteiger partial charge in [-0.15, -0.1) is 0 Å². The third-order valence-corrected chi connectivity index (χ3v) is 11.3. The molecule has 2 aromatic heterocycles. The topological polar surface area (TPSA) is 82.6 Å². The van der Waals surface area contributed by atoms with Crippen LogP contribution in [0.5, 0.6) is 0 Å². The van der Waals surface area contributed by atoms with Crippen LogP contribution in [-0.2, 0) is 10.0 Å². The molecule has 3 fully saturated rings. The summed E-state index contributed by atoms with van der Waals surface area (Å²) in [6.45, 7) is 2.87. The molecule has 1 N–H and O–H groups in total. The molecule has 1 saturated carbocycles. The first-order chi connectivity index (χ1) is 18.5. The van der Waals surface area contributed by atoms with Gasteiger partial charge in [-0.3, -0.25) is 4.79 Å². The van der Waals surface area contributed by atoms with E-state index in [0.717, 1.165) is 73.4 Å². The van der Waals surface area contributed by atoms with Crippen LogP contribution in [0, 0.1) is 11.8 Å². The summed E-state index contributed by atoms with van der Waals surface area (Å²) in [6, 6.07) is 11.3. The van der Waals surface area contributed by atoms with Crippen LogP contribution in [0.25, 0.3) is 10.9 Å². The van der Waals surface area contributed by atoms with Crippen molar-refractivity contribution < 1.29 is 13.2 Å². The third-order valence-electron chi connectivity index (χ3n) is 8.77. The second-order valence-corrected chi connectivity index (χ2v) is 13.8. The van der Waals surface area contributed by atoms with E-state index >= 15 is 0 Å². The molecule has 6 rings (SSSR count). The minimum Gasteiger partial charge on any atom is -0.356 e. The fraction of sp³-hybridized carbons (Fsp3) is 0.517. The van der Waals surface area contributed by atoms with E-state index in [4.69, 9.17) is 4.98 Å². The summed E-state index contributed by atoms with van der Waals surface area (Å²) in [5.74, 6) is 2.39. The first-order valence-corrected chi connectivity index (χ1v) is 16.3. The standard InChI is InChI=1S/C29H36N4O3S2/c34-29(24-13-18-37-20-24)30-25-11-15-32(16-12-25)28-9-6-23-19-26(7-8-27(23)31-28)38(35,36)33-14-2-5-22(10-17-33)21-3-1-4-21/h6-9,13,18-22,25H,1-5,10-12,14-17H2,(H,30,34). The van der Waals surface area contributed by atoms with Crippen molar-refractivity contribution in [2.75, 3.05) is 31.1 Å². The lowest BCUT2D eigenvalue weighted by atomic mass is 9.73. The smallest absolute Gasteiger partial charge is 0.252 e. The summed E-state index contributed by atoms with van der Waals surface area (Å²) in [5.41, 5.74) is 1.53. The molecule has 2 aliphatic heterocycles. The molecule has 0 spiro atoms. The van der Waals surface area contributed by atoms with Crippen molar-refractivity contribution in [3.63, 3.8) is 0 Å². The average Bonchev–Trinajstić information content (AvgIpc) is 3.34. The number of pyridine rings is 1. The van der Waals surface area contributed by atoms with Gasteiger partial charge in [-0.1, -0.05) is 19.3 Å². The summed E-state index contributed by atoms with van der Waals surface area (Å²) < 4.78 is 28.7. The van der Waals surface area contributed by atoms with E-state index < -0.39 is 10.0 Å². The molecule has 3 aromatic rings. The van der Waals surface area contributed by atoms with Crippen molar-refractivity contribution in [1.29, 1.82) is 0 Å². The van der Waals surface area contributed by atoms with Gasteiger partial charge in [-0.2, -0.15) is 15.6 Å². The summed E-state index contributed by atoms with van der Waals surface area (Å²) in [7, 11) is -3.52. The number of nitrogens with one attached hydrogen (secondary N) is 1. The Balaban J connectivity index is 1.10. The monoisotopic (exact) mass is 552 g/mol. The van der Waals surface area contributed by atoms with Crippen LogP contribution < -0.4 is 10.2 Å². The minimum absolute atomic E-state index is 0.00218. The molecule has 38 heavy (non-hydrogen) atoms. The molecule has 1 aromatic carbocycles. The molecule has 1 aliphatic carbocycles. The number of rotatable bonds is 6. The fourth-order valence-electron chi connectivity index (χ4n) is 6.21. The van der Waals surface area contributed by atoms with Gasteiger partial charge in [-0.05, 0) is 85.7 Å². The lowest BCUT2D eigenvalue weighted by Crippen LogP contribution is -2.44. The molecule has 1 atom stereocenters. The SMILES string of the molecule is O=C(NC1CCN(c2ccc3cc(S(=O)(=O)N4CCCC(C5CCC5)CC4)ccc3n2)CC1)c1ccsc1. The Hall–Kier alpha value is -2.49. The molecular weight excluding hydrogens is 516 g/mol. The van der Waals surface area contributed by atoms with Gasteiger partial charge in [0.25, 0.3) is 5.91 Å². The quantitative estimate of drug-likeness (QED) is 0.450. The highest BCUT2D eigenvalue weighted by Gasteiger charge is 2.32. The first kappa shape index (κ1) is 25.8. The lowest BCUT2D eigenvalue weighted by Gasteiger charge is -2.33. The average molecular weight is 553 g/mol. The maximum absolute atomic E-state index is 13.5. The van der Waals surface area contributed by atoms with Crippen LogP contribution in [-0.4, -0.2) is 55.8 Å². The zero-order valence-electron chi connectivity index (χ0n) is 21.7. The number of fused-ring (bicyclic) bond motifs is 1. The number of piperidine rings is 1. The van der Waals surface area contributed by atoms with Gasteiger partial charge in [0.1, 0.15) is 5.82 Å². The van der Waals surface area contributed by atoms with E-state index in [2.05, 4.69) is 10.2 Å². The van der Waals surface area contributed by atoms with E-state index in [1.54, 1.807) is 16.4 Å². The Bertz CT molecular complexity index is 1380. The van der Waals surface area contributed by atoms with E-state index in [9.17, 15) is 13.2 Å². The molecule has 4 heterocycles. The van der Waals surface area contributed by atoms with Crippen LogP contribution in [0.15, 0.2) is 52.1 Å². The molecule has 0 bridgehead atoms. The van der Waals surface area contributed by atoms with E-state index in [-0.39, 0.29) is 11.9 Å². The van der Waals surface area contributed by atoms with E-state index in [0.29, 0.717) is 23.9 Å². The van der Waals surface area contributed by atoms with Gasteiger partial charge in [0.15, 0.2) is 0 Å². The Morgan fingerprint density at radius 3 is 2.42 bits per heavy atom. The van der Waals surface area contributed by atoms with Gasteiger partial charge in [0.05, 0.1) is 10.4 Å². The largest absolute Gasteiger partial charge is 0.356 e. The number of sulfonamides is 1. The van der Waals surface area contributed by atoms with Crippen molar-refractivity contribution in [2.24, 2.45) is 11.8 Å². The van der Waals surface area contributed by atoms with Crippen LogP contribution >= 0.6 is 11.3 Å². The van der Waals surface area contributed by atoms with Gasteiger partial charge < -0.3 is 10.2 Å². The Morgan fingerprint density at radius 2 is 1.68 bits per heavy atom. The summed E-state index contributed by atoms with van der Waals surface area (Å²) in [4.78, 5) is 19.8. The molecule has 2 saturated heterocycles. The van der Waals surface area contributed by atoms with Gasteiger partial charge >= 0.3 is 0 Å². The van der Waals surface area contributed by atoms with Crippen molar-refractivity contribution in [2.45, 2.75) is 62.3 Å². The summed E-state index contributed by atoms with van der Waals surface area (Å²) >= 11 is 1.53. The zero-order valence-corrected chi connectivity index (χ0v) is 23.4. The number of hydrogen-bond donors (Lipinski definition) is 1. The van der Waals surface area contributed by atoms with Gasteiger partial charge in [0, 0.05) is 48.6 Å². The highest BCUT2D eigenvalue weighted by Crippen LogP contribution is 2.39. The third kappa shape index (κ3) is 5.33. The Kier molecular flexibility index (Phi) is 7.42. The molecular formula is C29H36N4O3S2. The second-order valence-electron chi connectivity index (χ2n) is 11.1. The number of carbonyl (C=O) groups excluding carboxylic acids is 1. The lowest BCUT2D eigenvalue weighted by molar-refractivity contribution is 0.0931. The highest BCUT2D eigenvalue weighted by atomic mass is 32.2. The van der Waals surface area contributed by atoms with Crippen LogP contribution in [0.1, 0.15) is 61.7 Å². The van der Waals surface area contributed by atoms with Crippen molar-refractivity contribution in [3.05, 3.63) is 52.7 Å². The number of benzene rings is 1. The van der Waals surface area contributed by atoms with E-state index in [1.807, 2.05) is 35.0 Å². The normalized spacial score (nSPS) is 22.2. The maximum atomic E-state index is 13.5. The van der Waals surface area contributed by atoms with Gasteiger partial charge in [-0.25, -0.2) is 13.4 Å². The number of carbonyl (C=O) groups is 1. The number of amides is 1. The second kappa shape index (κ2) is 10.9. The molecule has 0 radical (unpaired) electrons. The molecule has 1 amide bonds. The van der Waals surface area contributed by atoms with Crippen LogP contribution in [0.3, 0.4) is 0 Å². The number of nitrogens with zero attached hydrogens (tertiary/aromatic N) is 3. The minimum atomic E-state index is -3.52. The fourth-order valence-corrected chi connectivity index (χ4v) is 8.38. The van der Waals surface area contributed by atoms with Crippen molar-refractivity contribution in [3.8, 4) is 0 Å². The predicted octanol–water partition coefficient (Wildman–Crippen LogP) is 5.29. The first-order valence-electron chi connectivity index (χ1n) is 14.0. The van der Waals surface area contributed by atoms with Crippen LogP contribution in [0.4, 0.5) is 5.82 Å². The van der Waals surface area contributed by atoms with E-state index in [1.165, 1.54) is 30.6 Å². The number of thiophene rings is 1. The molecule has 202 valence electrons. The number of aromatic nitrogens is 1. The summed E-state index contributed by atoms with van der Waals surface area (Å²) in [6.07, 6.45) is 8.79. The van der Waals surface area contributed by atoms with Crippen LogP contribution in [0.2, 0.25) is 0 Å². The van der Waals surface area contributed by atoms with Crippen molar-refractivity contribution >= 4 is 44.0 Å². The molecule has 7 nitrogen and oxygen atoms in total. The molecule has 9 heteroatoms. The molecule has 1 unspecified atom stereocenters. The highest BCUT2D eigenvalue weighted by molar-refractivity contribution is 7.89. The summed E-state index contributed by atoms with van der Waals surface area (Å²) in [5, 5.41) is 7.78. The van der Waals surface area contributed by atoms with Crippen molar-refractivity contribution in [1.82, 2.24) is 14.6 Å². The zero-order chi connectivity index (χ0) is 26.1. The van der Waals surface area contributed by atoms with Gasteiger partial charge in [0.2, 0.25) is 10.0 Å². The molecule has 3 aliphatic rings.